The highest BCUT2D eigenvalue weighted by Gasteiger charge is 2.20. The van der Waals surface area contributed by atoms with Gasteiger partial charge in [0.05, 0.1) is 21.7 Å². The van der Waals surface area contributed by atoms with Crippen molar-refractivity contribution in [1.29, 1.82) is 0 Å². The van der Waals surface area contributed by atoms with Crippen molar-refractivity contribution in [3.05, 3.63) is 46.8 Å². The number of ether oxygens (including phenoxy) is 3. The van der Waals surface area contributed by atoms with E-state index in [9.17, 15) is 18.0 Å². The summed E-state index contributed by atoms with van der Waals surface area (Å²) in [4.78, 5) is 29.4. The third-order valence-corrected chi connectivity index (χ3v) is 6.63. The number of hydrogen-bond donors (Lipinski definition) is 0. The van der Waals surface area contributed by atoms with Crippen LogP contribution in [0.1, 0.15) is 17.3 Å². The molecule has 11 heteroatoms. The van der Waals surface area contributed by atoms with Crippen LogP contribution in [0.4, 0.5) is 0 Å². The molecular formula is C20H18N2O7S2. The minimum absolute atomic E-state index is 0.0232. The Morgan fingerprint density at radius 2 is 1.94 bits per heavy atom. The number of esters is 1. The number of amides is 1. The predicted molar refractivity (Wildman–Crippen MR) is 112 cm³/mol. The molecule has 1 aromatic heterocycles. The van der Waals surface area contributed by atoms with Crippen molar-refractivity contribution in [3.8, 4) is 11.5 Å². The molecule has 0 radical (unpaired) electrons. The second-order valence-electron chi connectivity index (χ2n) is 6.67. The van der Waals surface area contributed by atoms with Gasteiger partial charge in [-0.05, 0) is 25.1 Å². The molecule has 0 N–H and O–H groups in total. The number of rotatable bonds is 5. The summed E-state index contributed by atoms with van der Waals surface area (Å²) in [6.07, 6.45) is 1.07. The maximum absolute atomic E-state index is 12.8. The summed E-state index contributed by atoms with van der Waals surface area (Å²) in [6, 6.07) is 9.14. The minimum atomic E-state index is -3.47. The van der Waals surface area contributed by atoms with E-state index in [0.717, 1.165) is 11.0 Å². The largest absolute Gasteiger partial charge is 0.465 e. The monoisotopic (exact) mass is 462 g/mol. The SMILES string of the molecule is CCOC(=O)Cn1c(=NC(=O)c2cccc(S(C)(=O)=O)c2)sc2cc3c(cc21)OCO3. The van der Waals surface area contributed by atoms with E-state index in [4.69, 9.17) is 14.2 Å². The molecule has 31 heavy (non-hydrogen) atoms. The van der Waals surface area contributed by atoms with Crippen LogP contribution in [0.2, 0.25) is 0 Å². The second-order valence-corrected chi connectivity index (χ2v) is 9.69. The van der Waals surface area contributed by atoms with E-state index in [1.54, 1.807) is 23.6 Å². The van der Waals surface area contributed by atoms with Gasteiger partial charge in [0.15, 0.2) is 26.1 Å². The van der Waals surface area contributed by atoms with Crippen LogP contribution < -0.4 is 14.3 Å². The average Bonchev–Trinajstić information content (AvgIpc) is 3.30. The van der Waals surface area contributed by atoms with Gasteiger partial charge in [-0.2, -0.15) is 4.99 Å². The summed E-state index contributed by atoms with van der Waals surface area (Å²) in [7, 11) is -3.47. The first-order valence-corrected chi connectivity index (χ1v) is 11.9. The Morgan fingerprint density at radius 3 is 2.65 bits per heavy atom. The Balaban J connectivity index is 1.83. The molecule has 0 unspecified atom stereocenters. The molecule has 0 fully saturated rings. The Morgan fingerprint density at radius 1 is 1.19 bits per heavy atom. The molecule has 2 heterocycles. The Labute approximate surface area is 181 Å². The lowest BCUT2D eigenvalue weighted by atomic mass is 10.2. The van der Waals surface area contributed by atoms with Gasteiger partial charge in [0, 0.05) is 24.0 Å². The molecule has 4 rings (SSSR count). The molecule has 2 aromatic carbocycles. The number of carbonyl (C=O) groups is 2. The summed E-state index contributed by atoms with van der Waals surface area (Å²) in [5.41, 5.74) is 0.760. The minimum Gasteiger partial charge on any atom is -0.465 e. The maximum Gasteiger partial charge on any atom is 0.326 e. The van der Waals surface area contributed by atoms with Crippen LogP contribution >= 0.6 is 11.3 Å². The van der Waals surface area contributed by atoms with Gasteiger partial charge in [0.2, 0.25) is 6.79 Å². The number of hydrogen-bond acceptors (Lipinski definition) is 8. The first kappa shape index (κ1) is 21.1. The highest BCUT2D eigenvalue weighted by atomic mass is 32.2. The third-order valence-electron chi connectivity index (χ3n) is 4.48. The van der Waals surface area contributed by atoms with E-state index in [0.29, 0.717) is 17.0 Å². The van der Waals surface area contributed by atoms with Gasteiger partial charge in [-0.25, -0.2) is 8.42 Å². The van der Waals surface area contributed by atoms with Gasteiger partial charge in [0.25, 0.3) is 5.91 Å². The summed E-state index contributed by atoms with van der Waals surface area (Å²) >= 11 is 1.20. The van der Waals surface area contributed by atoms with Crippen molar-refractivity contribution < 1.29 is 32.2 Å². The number of thiazole rings is 1. The van der Waals surface area contributed by atoms with E-state index in [-0.39, 0.29) is 35.2 Å². The highest BCUT2D eigenvalue weighted by Crippen LogP contribution is 2.37. The van der Waals surface area contributed by atoms with E-state index in [1.165, 1.54) is 35.6 Å². The van der Waals surface area contributed by atoms with Crippen LogP contribution in [0.25, 0.3) is 10.2 Å². The van der Waals surface area contributed by atoms with Gasteiger partial charge < -0.3 is 18.8 Å². The fourth-order valence-corrected chi connectivity index (χ4v) is 4.75. The fraction of sp³-hybridized carbons (Fsp3) is 0.250. The van der Waals surface area contributed by atoms with Gasteiger partial charge in [-0.3, -0.25) is 9.59 Å². The molecule has 0 spiro atoms. The highest BCUT2D eigenvalue weighted by molar-refractivity contribution is 7.90. The molecule has 3 aromatic rings. The van der Waals surface area contributed by atoms with Crippen LogP contribution in [0.3, 0.4) is 0 Å². The van der Waals surface area contributed by atoms with Crippen molar-refractivity contribution in [2.24, 2.45) is 4.99 Å². The average molecular weight is 463 g/mol. The van der Waals surface area contributed by atoms with Crippen LogP contribution in [-0.2, 0) is 25.9 Å². The lowest BCUT2D eigenvalue weighted by molar-refractivity contribution is -0.143. The zero-order valence-electron chi connectivity index (χ0n) is 16.7. The molecular weight excluding hydrogens is 444 g/mol. The van der Waals surface area contributed by atoms with Gasteiger partial charge in [-0.15, -0.1) is 0 Å². The number of nitrogens with zero attached hydrogens (tertiary/aromatic N) is 2. The first-order valence-electron chi connectivity index (χ1n) is 9.24. The molecule has 0 atom stereocenters. The number of sulfone groups is 1. The lowest BCUT2D eigenvalue weighted by Crippen LogP contribution is -2.23. The van der Waals surface area contributed by atoms with Gasteiger partial charge in [0.1, 0.15) is 6.54 Å². The molecule has 1 aliphatic heterocycles. The first-order chi connectivity index (χ1) is 14.8. The van der Waals surface area contributed by atoms with Crippen LogP contribution in [0.15, 0.2) is 46.3 Å². The third kappa shape index (κ3) is 4.32. The molecule has 0 saturated carbocycles. The van der Waals surface area contributed by atoms with Crippen molar-refractivity contribution >= 4 is 43.3 Å². The molecule has 0 saturated heterocycles. The van der Waals surface area contributed by atoms with Crippen molar-refractivity contribution in [2.75, 3.05) is 19.7 Å². The van der Waals surface area contributed by atoms with Gasteiger partial charge in [-0.1, -0.05) is 17.4 Å². The standard InChI is InChI=1S/C20H18N2O7S2/c1-3-27-18(23)10-22-14-8-15-16(29-11-28-15)9-17(14)30-20(22)21-19(24)12-5-4-6-13(7-12)31(2,25)26/h4-9H,3,10-11H2,1-2H3. The van der Waals surface area contributed by atoms with E-state index < -0.39 is 21.7 Å². The van der Waals surface area contributed by atoms with E-state index in [1.807, 2.05) is 0 Å². The summed E-state index contributed by atoms with van der Waals surface area (Å²) in [6.45, 7) is 1.88. The number of aromatic nitrogens is 1. The van der Waals surface area contributed by atoms with E-state index >= 15 is 0 Å². The lowest BCUT2D eigenvalue weighted by Gasteiger charge is -2.06. The Hall–Kier alpha value is -3.18. The normalized spacial score (nSPS) is 13.5. The Kier molecular flexibility index (Phi) is 5.54. The van der Waals surface area contributed by atoms with Crippen LogP contribution in [-0.4, -0.2) is 44.5 Å². The predicted octanol–water partition coefficient (Wildman–Crippen LogP) is 2.14. The number of fused-ring (bicyclic) bond motifs is 2. The van der Waals surface area contributed by atoms with Crippen LogP contribution in [0.5, 0.6) is 11.5 Å². The fourth-order valence-electron chi connectivity index (χ4n) is 3.04. The van der Waals surface area contributed by atoms with Gasteiger partial charge >= 0.3 is 5.97 Å². The topological polar surface area (TPSA) is 113 Å². The molecule has 1 aliphatic rings. The van der Waals surface area contributed by atoms with Crippen molar-refractivity contribution in [3.63, 3.8) is 0 Å². The summed E-state index contributed by atoms with van der Waals surface area (Å²) < 4.78 is 41.8. The number of benzene rings is 2. The molecule has 1 amide bonds. The molecule has 162 valence electrons. The zero-order chi connectivity index (χ0) is 22.2. The summed E-state index contributed by atoms with van der Waals surface area (Å²) in [5.74, 6) is -0.0139. The van der Waals surface area contributed by atoms with Crippen molar-refractivity contribution in [2.45, 2.75) is 18.4 Å². The second kappa shape index (κ2) is 8.16. The molecule has 9 nitrogen and oxygen atoms in total. The Bertz CT molecular complexity index is 1370. The molecule has 0 bridgehead atoms. The maximum atomic E-state index is 12.8. The van der Waals surface area contributed by atoms with Crippen LogP contribution in [0, 0.1) is 0 Å². The zero-order valence-corrected chi connectivity index (χ0v) is 18.3. The molecule has 0 aliphatic carbocycles. The van der Waals surface area contributed by atoms with Crippen molar-refractivity contribution in [1.82, 2.24) is 4.57 Å². The number of carbonyl (C=O) groups excluding carboxylic acids is 2. The quantitative estimate of drug-likeness (QED) is 0.534. The summed E-state index contributed by atoms with van der Waals surface area (Å²) in [5, 5.41) is 0. The smallest absolute Gasteiger partial charge is 0.326 e. The van der Waals surface area contributed by atoms with E-state index in [2.05, 4.69) is 4.99 Å².